The van der Waals surface area contributed by atoms with Crippen molar-refractivity contribution in [3.05, 3.63) is 129 Å². The summed E-state index contributed by atoms with van der Waals surface area (Å²) in [6.07, 6.45) is -0.00772. The fourth-order valence-electron chi connectivity index (χ4n) is 5.03. The van der Waals surface area contributed by atoms with E-state index in [1.165, 1.54) is 36.3 Å². The summed E-state index contributed by atoms with van der Waals surface area (Å²) in [5.41, 5.74) is 2.78. The van der Waals surface area contributed by atoms with Gasteiger partial charge in [0.25, 0.3) is 5.69 Å². The van der Waals surface area contributed by atoms with Crippen LogP contribution < -0.4 is 9.47 Å². The largest absolute Gasteiger partial charge is 0.493 e. The van der Waals surface area contributed by atoms with Crippen LogP contribution in [0.2, 0.25) is 0 Å². The number of carboxylic acid groups (broad SMARTS) is 1. The van der Waals surface area contributed by atoms with E-state index in [1.54, 1.807) is 12.1 Å². The summed E-state index contributed by atoms with van der Waals surface area (Å²) in [5.74, 6) is -1.11. The Morgan fingerprint density at radius 2 is 1.52 bits per heavy atom. The number of amides is 1. The van der Waals surface area contributed by atoms with E-state index in [4.69, 9.17) is 9.47 Å². The Morgan fingerprint density at radius 3 is 2.05 bits per heavy atom. The molecule has 202 valence electrons. The topological polar surface area (TPSA) is 119 Å². The number of nitrogens with zero attached hydrogens (tertiary/aromatic N) is 2. The number of ether oxygens (including phenoxy) is 2. The van der Waals surface area contributed by atoms with Crippen molar-refractivity contribution in [2.75, 3.05) is 7.11 Å². The molecular formula is C31H26N2O7. The first kappa shape index (κ1) is 26.4. The second-order valence-electron chi connectivity index (χ2n) is 9.37. The van der Waals surface area contributed by atoms with Crippen LogP contribution in [-0.2, 0) is 22.6 Å². The highest BCUT2D eigenvalue weighted by atomic mass is 16.6. The third kappa shape index (κ3) is 5.22. The van der Waals surface area contributed by atoms with Gasteiger partial charge in [0.1, 0.15) is 11.8 Å². The molecule has 1 aliphatic heterocycles. The second-order valence-corrected chi connectivity index (χ2v) is 9.37. The third-order valence-corrected chi connectivity index (χ3v) is 7.00. The van der Waals surface area contributed by atoms with Crippen LogP contribution in [0.1, 0.15) is 28.2 Å². The molecule has 5 rings (SSSR count). The Morgan fingerprint density at radius 1 is 0.925 bits per heavy atom. The first-order valence-corrected chi connectivity index (χ1v) is 12.6. The minimum absolute atomic E-state index is 0.00772. The highest BCUT2D eigenvalue weighted by molar-refractivity contribution is 5.91. The molecule has 0 aromatic heterocycles. The van der Waals surface area contributed by atoms with Crippen molar-refractivity contribution in [3.63, 3.8) is 0 Å². The van der Waals surface area contributed by atoms with Gasteiger partial charge in [0.15, 0.2) is 11.5 Å². The maximum Gasteiger partial charge on any atom is 0.326 e. The monoisotopic (exact) mass is 538 g/mol. The summed E-state index contributed by atoms with van der Waals surface area (Å²) in [5, 5.41) is 21.3. The number of carbonyl (C=O) groups excluding carboxylic acids is 1. The molecule has 1 atom stereocenters. The van der Waals surface area contributed by atoms with E-state index in [1.807, 2.05) is 60.7 Å². The number of non-ortho nitro benzene ring substituents is 1. The number of nitro groups is 1. The molecule has 4 aromatic carbocycles. The van der Waals surface area contributed by atoms with Crippen molar-refractivity contribution >= 4 is 17.6 Å². The number of carboxylic acids is 1. The van der Waals surface area contributed by atoms with Crippen LogP contribution in [0, 0.1) is 10.1 Å². The summed E-state index contributed by atoms with van der Waals surface area (Å²) in [6, 6.07) is 26.5. The Kier molecular flexibility index (Phi) is 7.46. The maximum absolute atomic E-state index is 14.2. The first-order chi connectivity index (χ1) is 19.4. The quantitative estimate of drug-likeness (QED) is 0.230. The Labute approximate surface area is 230 Å². The van der Waals surface area contributed by atoms with E-state index >= 15 is 0 Å². The number of hydrogen-bond acceptors (Lipinski definition) is 6. The zero-order chi connectivity index (χ0) is 28.2. The van der Waals surface area contributed by atoms with E-state index in [0.29, 0.717) is 22.8 Å². The molecule has 0 aliphatic carbocycles. The Bertz CT molecular complexity index is 1500. The van der Waals surface area contributed by atoms with Crippen LogP contribution in [0.3, 0.4) is 0 Å². The molecule has 4 aromatic rings. The molecular weight excluding hydrogens is 512 g/mol. The fraction of sp³-hybridized carbons (Fsp3) is 0.161. The molecule has 1 amide bonds. The number of rotatable bonds is 8. The highest BCUT2D eigenvalue weighted by Gasteiger charge is 2.40. The van der Waals surface area contributed by atoms with Crippen LogP contribution in [0.25, 0.3) is 0 Å². The van der Waals surface area contributed by atoms with Gasteiger partial charge < -0.3 is 19.5 Å². The number of nitro benzene ring substituents is 1. The van der Waals surface area contributed by atoms with Gasteiger partial charge >= 0.3 is 5.97 Å². The van der Waals surface area contributed by atoms with Gasteiger partial charge in [0, 0.05) is 30.7 Å². The van der Waals surface area contributed by atoms with E-state index < -0.39 is 22.9 Å². The Balaban J connectivity index is 1.53. The molecule has 0 radical (unpaired) electrons. The lowest BCUT2D eigenvalue weighted by Crippen LogP contribution is -2.50. The summed E-state index contributed by atoms with van der Waals surface area (Å²) >= 11 is 0. The second kappa shape index (κ2) is 11.3. The zero-order valence-electron chi connectivity index (χ0n) is 21.6. The molecule has 1 unspecified atom stereocenters. The highest BCUT2D eigenvalue weighted by Crippen LogP contribution is 2.42. The first-order valence-electron chi connectivity index (χ1n) is 12.6. The maximum atomic E-state index is 14.2. The fourth-order valence-corrected chi connectivity index (χ4v) is 5.03. The van der Waals surface area contributed by atoms with E-state index in [2.05, 4.69) is 0 Å². The number of fused-ring (bicyclic) bond motifs is 1. The molecule has 1 N–H and O–H groups in total. The molecule has 1 heterocycles. The summed E-state index contributed by atoms with van der Waals surface area (Å²) < 4.78 is 11.6. The van der Waals surface area contributed by atoms with E-state index in [-0.39, 0.29) is 24.6 Å². The minimum Gasteiger partial charge on any atom is -0.493 e. The molecule has 0 fully saturated rings. The van der Waals surface area contributed by atoms with Gasteiger partial charge in [-0.15, -0.1) is 0 Å². The van der Waals surface area contributed by atoms with E-state index in [9.17, 15) is 24.8 Å². The van der Waals surface area contributed by atoms with Crippen molar-refractivity contribution in [1.82, 2.24) is 4.90 Å². The number of methoxy groups -OCH3 is 1. The lowest BCUT2D eigenvalue weighted by Gasteiger charge is -2.37. The summed E-state index contributed by atoms with van der Waals surface area (Å²) in [4.78, 5) is 38.7. The molecule has 0 saturated carbocycles. The van der Waals surface area contributed by atoms with Crippen molar-refractivity contribution in [2.24, 2.45) is 0 Å². The molecule has 1 aliphatic rings. The van der Waals surface area contributed by atoms with Gasteiger partial charge in [-0.1, -0.05) is 66.7 Å². The van der Waals surface area contributed by atoms with Gasteiger partial charge in [-0.2, -0.15) is 0 Å². The lowest BCUT2D eigenvalue weighted by atomic mass is 9.87. The molecule has 0 saturated heterocycles. The molecule has 40 heavy (non-hydrogen) atoms. The lowest BCUT2D eigenvalue weighted by molar-refractivity contribution is -0.384. The van der Waals surface area contributed by atoms with E-state index in [0.717, 1.165) is 16.7 Å². The van der Waals surface area contributed by atoms with Crippen LogP contribution in [0.15, 0.2) is 97.1 Å². The van der Waals surface area contributed by atoms with Crippen molar-refractivity contribution in [2.45, 2.75) is 24.9 Å². The van der Waals surface area contributed by atoms with Gasteiger partial charge in [-0.05, 0) is 34.9 Å². The van der Waals surface area contributed by atoms with Crippen molar-refractivity contribution in [1.29, 1.82) is 0 Å². The molecule has 9 heteroatoms. The van der Waals surface area contributed by atoms with Crippen molar-refractivity contribution < 1.29 is 29.1 Å². The molecule has 0 bridgehead atoms. The molecule has 9 nitrogen and oxygen atoms in total. The predicted molar refractivity (Wildman–Crippen MR) is 147 cm³/mol. The third-order valence-electron chi connectivity index (χ3n) is 7.00. The number of carbonyl (C=O) groups is 2. The standard InChI is InChI=1S/C31H26N2O7/c1-39-27-17-12-22-19-32(30(34)28(20-8-4-2-5-9-20)21-10-6-3-7-11-21)26(31(35)36)18-25(22)29(27)40-24-15-13-23(14-16-24)33(37)38/h2-17,26,28H,18-19H2,1H3,(H,35,36). The SMILES string of the molecule is COc1ccc2c(c1Oc1ccc([N+](=O)[O-])cc1)CC(C(=O)O)N(C(=O)C(c1ccccc1)c1ccccc1)C2. The average molecular weight is 539 g/mol. The zero-order valence-corrected chi connectivity index (χ0v) is 21.6. The Hall–Kier alpha value is -5.18. The van der Waals surface area contributed by atoms with Crippen LogP contribution >= 0.6 is 0 Å². The average Bonchev–Trinajstić information content (AvgIpc) is 2.98. The smallest absolute Gasteiger partial charge is 0.326 e. The molecule has 0 spiro atoms. The summed E-state index contributed by atoms with van der Waals surface area (Å²) in [6.45, 7) is 0.0575. The minimum atomic E-state index is -1.15. The predicted octanol–water partition coefficient (Wildman–Crippen LogP) is 5.57. The van der Waals surface area contributed by atoms with Crippen LogP contribution in [0.5, 0.6) is 17.2 Å². The van der Waals surface area contributed by atoms with Gasteiger partial charge in [0.2, 0.25) is 5.91 Å². The number of hydrogen-bond donors (Lipinski definition) is 1. The van der Waals surface area contributed by atoms with Gasteiger partial charge in [-0.25, -0.2) is 4.79 Å². The van der Waals surface area contributed by atoms with Gasteiger partial charge in [-0.3, -0.25) is 14.9 Å². The summed E-state index contributed by atoms with van der Waals surface area (Å²) in [7, 11) is 1.47. The van der Waals surface area contributed by atoms with Crippen LogP contribution in [0.4, 0.5) is 5.69 Å². The van der Waals surface area contributed by atoms with Gasteiger partial charge in [0.05, 0.1) is 18.0 Å². The number of benzene rings is 4. The van der Waals surface area contributed by atoms with Crippen LogP contribution in [-0.4, -0.2) is 40.0 Å². The normalized spacial score (nSPS) is 14.3. The number of aliphatic carboxylic acids is 1. The van der Waals surface area contributed by atoms with Crippen molar-refractivity contribution in [3.8, 4) is 17.2 Å².